The Hall–Kier alpha value is -0.0200. The Bertz CT molecular complexity index is 368. The van der Waals surface area contributed by atoms with E-state index in [0.29, 0.717) is 6.54 Å². The van der Waals surface area contributed by atoms with Gasteiger partial charge in [-0.1, -0.05) is 6.92 Å². The van der Waals surface area contributed by atoms with Crippen LogP contribution in [0.15, 0.2) is 11.2 Å². The van der Waals surface area contributed by atoms with Crippen molar-refractivity contribution in [3.05, 3.63) is 16.1 Å². The summed E-state index contributed by atoms with van der Waals surface area (Å²) in [7, 11) is 0. The van der Waals surface area contributed by atoms with Crippen molar-refractivity contribution >= 4 is 53.0 Å². The molecule has 0 aromatic carbocycles. The van der Waals surface area contributed by atoms with Gasteiger partial charge in [-0.05, 0) is 19.6 Å². The molecule has 0 spiro atoms. The zero-order valence-electron chi connectivity index (χ0n) is 11.7. The molecule has 19 heavy (non-hydrogen) atoms. The van der Waals surface area contributed by atoms with E-state index >= 15 is 0 Å². The molecule has 0 amide bonds. The fourth-order valence-corrected chi connectivity index (χ4v) is 2.44. The second-order valence-electron chi connectivity index (χ2n) is 3.69. The van der Waals surface area contributed by atoms with Gasteiger partial charge in [0.1, 0.15) is 5.01 Å². The van der Waals surface area contributed by atoms with E-state index in [0.717, 1.165) is 36.2 Å². The zero-order chi connectivity index (χ0) is 13.2. The van der Waals surface area contributed by atoms with E-state index in [1.54, 1.807) is 11.3 Å². The van der Waals surface area contributed by atoms with Crippen LogP contribution in [0.4, 0.5) is 0 Å². The van der Waals surface area contributed by atoms with Crippen molar-refractivity contribution in [2.24, 2.45) is 4.99 Å². The van der Waals surface area contributed by atoms with E-state index in [4.69, 9.17) is 0 Å². The third-order valence-corrected chi connectivity index (χ3v) is 4.00. The Morgan fingerprint density at radius 2 is 2.21 bits per heavy atom. The monoisotopic (exact) mass is 414 g/mol. The minimum Gasteiger partial charge on any atom is -0.357 e. The highest BCUT2D eigenvalue weighted by atomic mass is 127. The van der Waals surface area contributed by atoms with Gasteiger partial charge in [-0.2, -0.15) is 11.8 Å². The third kappa shape index (κ3) is 7.98. The molecule has 0 radical (unpaired) electrons. The van der Waals surface area contributed by atoms with Crippen LogP contribution in [0.5, 0.6) is 0 Å². The number of thioether (sulfide) groups is 1. The number of rotatable bonds is 7. The number of thiazole rings is 1. The van der Waals surface area contributed by atoms with Crippen LogP contribution < -0.4 is 10.6 Å². The summed E-state index contributed by atoms with van der Waals surface area (Å²) in [6.45, 7) is 6.69. The Balaban J connectivity index is 0.00000324. The molecule has 0 aliphatic rings. The van der Waals surface area contributed by atoms with Crippen molar-refractivity contribution < 1.29 is 0 Å². The second-order valence-corrected chi connectivity index (χ2v) is 5.87. The summed E-state index contributed by atoms with van der Waals surface area (Å²) in [4.78, 5) is 10.2. The summed E-state index contributed by atoms with van der Waals surface area (Å²) in [6.07, 6.45) is 5.10. The van der Waals surface area contributed by atoms with Crippen molar-refractivity contribution in [3.8, 4) is 0 Å². The normalized spacial score (nSPS) is 11.0. The van der Waals surface area contributed by atoms with Crippen molar-refractivity contribution in [2.75, 3.05) is 25.1 Å². The van der Waals surface area contributed by atoms with Gasteiger partial charge in [-0.25, -0.2) is 9.98 Å². The summed E-state index contributed by atoms with van der Waals surface area (Å²) in [5.41, 5.74) is 0. The molecule has 1 rings (SSSR count). The summed E-state index contributed by atoms with van der Waals surface area (Å²) in [5.74, 6) is 1.96. The quantitative estimate of drug-likeness (QED) is 0.312. The standard InChI is InChI=1S/C12H22N4S2.HI/c1-4-10-8-15-11(18-10)9-16-12(13-5-2)14-6-7-17-3;/h8H,4-7,9H2,1-3H3,(H2,13,14,16);1H. The van der Waals surface area contributed by atoms with Crippen molar-refractivity contribution in [2.45, 2.75) is 26.8 Å². The molecule has 0 fully saturated rings. The third-order valence-electron chi connectivity index (χ3n) is 2.27. The largest absolute Gasteiger partial charge is 0.357 e. The number of hydrogen-bond acceptors (Lipinski definition) is 4. The fourth-order valence-electron chi connectivity index (χ4n) is 1.34. The van der Waals surface area contributed by atoms with Gasteiger partial charge < -0.3 is 10.6 Å². The van der Waals surface area contributed by atoms with E-state index in [-0.39, 0.29) is 24.0 Å². The van der Waals surface area contributed by atoms with Crippen molar-refractivity contribution in [1.29, 1.82) is 0 Å². The maximum absolute atomic E-state index is 4.54. The van der Waals surface area contributed by atoms with Crippen molar-refractivity contribution in [1.82, 2.24) is 15.6 Å². The van der Waals surface area contributed by atoms with E-state index in [9.17, 15) is 0 Å². The summed E-state index contributed by atoms with van der Waals surface area (Å²) >= 11 is 3.57. The Kier molecular flexibility index (Phi) is 11.8. The summed E-state index contributed by atoms with van der Waals surface area (Å²) < 4.78 is 0. The second kappa shape index (κ2) is 11.8. The van der Waals surface area contributed by atoms with Gasteiger partial charge in [0, 0.05) is 29.9 Å². The summed E-state index contributed by atoms with van der Waals surface area (Å²) in [5, 5.41) is 7.62. The highest BCUT2D eigenvalue weighted by Gasteiger charge is 2.01. The number of nitrogens with zero attached hydrogens (tertiary/aromatic N) is 2. The molecule has 0 aliphatic heterocycles. The highest BCUT2D eigenvalue weighted by Crippen LogP contribution is 2.13. The van der Waals surface area contributed by atoms with Crippen molar-refractivity contribution in [3.63, 3.8) is 0 Å². The number of aryl methyl sites for hydroxylation is 1. The van der Waals surface area contributed by atoms with Gasteiger partial charge in [-0.3, -0.25) is 0 Å². The molecule has 4 nitrogen and oxygen atoms in total. The Morgan fingerprint density at radius 1 is 1.42 bits per heavy atom. The fraction of sp³-hybridized carbons (Fsp3) is 0.667. The zero-order valence-corrected chi connectivity index (χ0v) is 15.7. The molecule has 1 aromatic rings. The maximum Gasteiger partial charge on any atom is 0.191 e. The minimum absolute atomic E-state index is 0. The molecule has 1 heterocycles. The SMILES string of the molecule is CCNC(=NCc1ncc(CC)s1)NCCSC.I. The molecular formula is C12H23IN4S2. The number of nitrogens with one attached hydrogen (secondary N) is 2. The summed E-state index contributed by atoms with van der Waals surface area (Å²) in [6, 6.07) is 0. The van der Waals surface area contributed by atoms with Gasteiger partial charge in [-0.15, -0.1) is 35.3 Å². The Labute approximate surface area is 141 Å². The van der Waals surface area contributed by atoms with E-state index in [1.807, 2.05) is 18.0 Å². The molecule has 0 bridgehead atoms. The first kappa shape index (κ1) is 19.0. The van der Waals surface area contributed by atoms with Crippen LogP contribution in [0.25, 0.3) is 0 Å². The highest BCUT2D eigenvalue weighted by molar-refractivity contribution is 14.0. The van der Waals surface area contributed by atoms with E-state index in [2.05, 4.69) is 40.7 Å². The number of aliphatic imine (C=N–C) groups is 1. The lowest BCUT2D eigenvalue weighted by atomic mass is 10.4. The van der Waals surface area contributed by atoms with E-state index < -0.39 is 0 Å². The molecule has 0 saturated carbocycles. The predicted molar refractivity (Wildman–Crippen MR) is 98.1 cm³/mol. The lowest BCUT2D eigenvalue weighted by Crippen LogP contribution is -2.38. The van der Waals surface area contributed by atoms with Gasteiger partial charge in [0.05, 0.1) is 6.54 Å². The van der Waals surface area contributed by atoms with Crippen LogP contribution in [-0.4, -0.2) is 36.0 Å². The first-order chi connectivity index (χ1) is 8.80. The lowest BCUT2D eigenvalue weighted by molar-refractivity contribution is 0.841. The van der Waals surface area contributed by atoms with Crippen LogP contribution in [0.1, 0.15) is 23.7 Å². The van der Waals surface area contributed by atoms with Crippen LogP contribution in [0.3, 0.4) is 0 Å². The smallest absolute Gasteiger partial charge is 0.191 e. The predicted octanol–water partition coefficient (Wildman–Crippen LogP) is 2.74. The Morgan fingerprint density at radius 3 is 2.79 bits per heavy atom. The molecule has 0 atom stereocenters. The van der Waals surface area contributed by atoms with Gasteiger partial charge in [0.25, 0.3) is 0 Å². The van der Waals surface area contributed by atoms with Crippen LogP contribution in [-0.2, 0) is 13.0 Å². The van der Waals surface area contributed by atoms with Crippen LogP contribution in [0.2, 0.25) is 0 Å². The van der Waals surface area contributed by atoms with E-state index in [1.165, 1.54) is 4.88 Å². The van der Waals surface area contributed by atoms with Gasteiger partial charge >= 0.3 is 0 Å². The van der Waals surface area contributed by atoms with Crippen LogP contribution in [0, 0.1) is 0 Å². The number of aromatic nitrogens is 1. The molecule has 0 unspecified atom stereocenters. The first-order valence-electron chi connectivity index (χ1n) is 6.24. The first-order valence-corrected chi connectivity index (χ1v) is 8.45. The average Bonchev–Trinajstić information content (AvgIpc) is 2.84. The van der Waals surface area contributed by atoms with Crippen LogP contribution >= 0.6 is 47.1 Å². The number of halogens is 1. The molecule has 2 N–H and O–H groups in total. The molecule has 7 heteroatoms. The minimum atomic E-state index is 0. The average molecular weight is 414 g/mol. The van der Waals surface area contributed by atoms with Gasteiger partial charge in [0.2, 0.25) is 0 Å². The maximum atomic E-state index is 4.54. The number of hydrogen-bond donors (Lipinski definition) is 2. The topological polar surface area (TPSA) is 49.3 Å². The van der Waals surface area contributed by atoms with Gasteiger partial charge in [0.15, 0.2) is 5.96 Å². The molecular weight excluding hydrogens is 391 g/mol. The molecule has 0 saturated heterocycles. The molecule has 1 aromatic heterocycles. The molecule has 110 valence electrons. The molecule has 0 aliphatic carbocycles. The number of guanidine groups is 1. The lowest BCUT2D eigenvalue weighted by Gasteiger charge is -2.09.